The minimum absolute atomic E-state index is 0.0473. The molecular weight excluding hydrogens is 252 g/mol. The zero-order valence-corrected chi connectivity index (χ0v) is 13.3. The highest BCUT2D eigenvalue weighted by Gasteiger charge is 2.29. The molecule has 0 aliphatic carbocycles. The Morgan fingerprint density at radius 2 is 2.05 bits per heavy atom. The van der Waals surface area contributed by atoms with Gasteiger partial charge < -0.3 is 14.8 Å². The summed E-state index contributed by atoms with van der Waals surface area (Å²) in [5.41, 5.74) is 0.926. The van der Waals surface area contributed by atoms with Crippen LogP contribution < -0.4 is 10.1 Å². The molecule has 20 heavy (non-hydrogen) atoms. The van der Waals surface area contributed by atoms with E-state index >= 15 is 0 Å². The Bertz CT molecular complexity index is 382. The van der Waals surface area contributed by atoms with Crippen LogP contribution >= 0.6 is 0 Å². The Labute approximate surface area is 122 Å². The van der Waals surface area contributed by atoms with E-state index in [9.17, 15) is 0 Å². The number of methoxy groups -OCH3 is 1. The van der Waals surface area contributed by atoms with Crippen LogP contribution in [0.1, 0.15) is 45.9 Å². The zero-order chi connectivity index (χ0) is 15.0. The molecule has 4 nitrogen and oxygen atoms in total. The van der Waals surface area contributed by atoms with E-state index in [1.807, 2.05) is 25.3 Å². The molecule has 0 radical (unpaired) electrons. The lowest BCUT2D eigenvalue weighted by Gasteiger charge is -2.31. The van der Waals surface area contributed by atoms with Crippen molar-refractivity contribution in [2.45, 2.75) is 46.3 Å². The third-order valence-corrected chi connectivity index (χ3v) is 3.27. The first-order chi connectivity index (χ1) is 9.65. The number of aromatic nitrogens is 1. The number of hydrogen-bond acceptors (Lipinski definition) is 4. The second kappa shape index (κ2) is 8.93. The van der Waals surface area contributed by atoms with Crippen molar-refractivity contribution in [2.24, 2.45) is 5.92 Å². The Morgan fingerprint density at radius 1 is 1.30 bits per heavy atom. The molecule has 1 N–H and O–H groups in total. The van der Waals surface area contributed by atoms with Crippen molar-refractivity contribution in [1.29, 1.82) is 0 Å². The van der Waals surface area contributed by atoms with E-state index in [-0.39, 0.29) is 12.1 Å². The molecule has 1 rings (SSSR count). The first kappa shape index (κ1) is 16.9. The van der Waals surface area contributed by atoms with E-state index in [1.165, 1.54) is 0 Å². The predicted molar refractivity (Wildman–Crippen MR) is 82.1 cm³/mol. The Kier molecular flexibility index (Phi) is 7.55. The van der Waals surface area contributed by atoms with Crippen LogP contribution in [0.3, 0.4) is 0 Å². The molecule has 0 amide bonds. The van der Waals surface area contributed by atoms with Crippen LogP contribution in [0, 0.1) is 5.92 Å². The topological polar surface area (TPSA) is 43.4 Å². The van der Waals surface area contributed by atoms with E-state index in [0.717, 1.165) is 24.4 Å². The second-order valence-corrected chi connectivity index (χ2v) is 5.19. The summed E-state index contributed by atoms with van der Waals surface area (Å²) in [5.74, 6) is 1.21. The molecule has 0 saturated carbocycles. The Morgan fingerprint density at radius 3 is 2.60 bits per heavy atom. The summed E-state index contributed by atoms with van der Waals surface area (Å²) in [6.45, 7) is 10.2. The number of nitrogens with one attached hydrogen (secondary N) is 1. The summed E-state index contributed by atoms with van der Waals surface area (Å²) in [5, 5.41) is 3.56. The summed E-state index contributed by atoms with van der Waals surface area (Å²) < 4.78 is 11.4. The largest absolute Gasteiger partial charge is 0.495 e. The van der Waals surface area contributed by atoms with E-state index in [4.69, 9.17) is 9.47 Å². The maximum atomic E-state index is 5.96. The molecule has 0 aliphatic rings. The van der Waals surface area contributed by atoms with E-state index in [0.29, 0.717) is 12.5 Å². The number of pyridine rings is 1. The van der Waals surface area contributed by atoms with Crippen LogP contribution in [0.4, 0.5) is 0 Å². The number of rotatable bonds is 9. The standard InChI is InChI=1S/C16H28N2O2/c1-6-10-17-15(16(12(3)4)20-7-2)14-13(19-5)9-8-11-18-14/h8-9,11-12,15-17H,6-7,10H2,1-5H3. The van der Waals surface area contributed by atoms with Gasteiger partial charge in [-0.25, -0.2) is 0 Å². The molecular formula is C16H28N2O2. The summed E-state index contributed by atoms with van der Waals surface area (Å²) in [6, 6.07) is 3.89. The molecule has 0 saturated heterocycles. The van der Waals surface area contributed by atoms with E-state index in [1.54, 1.807) is 7.11 Å². The van der Waals surface area contributed by atoms with Gasteiger partial charge in [-0.05, 0) is 37.9 Å². The van der Waals surface area contributed by atoms with Crippen LogP contribution in [0.15, 0.2) is 18.3 Å². The van der Waals surface area contributed by atoms with Crippen LogP contribution in [-0.2, 0) is 4.74 Å². The highest BCUT2D eigenvalue weighted by atomic mass is 16.5. The van der Waals surface area contributed by atoms with Crippen molar-refractivity contribution in [3.63, 3.8) is 0 Å². The van der Waals surface area contributed by atoms with Crippen molar-refractivity contribution in [3.05, 3.63) is 24.0 Å². The monoisotopic (exact) mass is 280 g/mol. The average molecular weight is 280 g/mol. The Balaban J connectivity index is 3.08. The maximum Gasteiger partial charge on any atom is 0.142 e. The number of nitrogens with zero attached hydrogens (tertiary/aromatic N) is 1. The molecule has 1 heterocycles. The van der Waals surface area contributed by atoms with Gasteiger partial charge in [0.2, 0.25) is 0 Å². The first-order valence-corrected chi connectivity index (χ1v) is 7.49. The minimum atomic E-state index is 0.0473. The fourth-order valence-corrected chi connectivity index (χ4v) is 2.34. The lowest BCUT2D eigenvalue weighted by Crippen LogP contribution is -2.38. The van der Waals surface area contributed by atoms with Gasteiger partial charge in [0.05, 0.1) is 19.3 Å². The van der Waals surface area contributed by atoms with Gasteiger partial charge in [0, 0.05) is 12.8 Å². The lowest BCUT2D eigenvalue weighted by atomic mass is 9.95. The summed E-state index contributed by atoms with van der Waals surface area (Å²) >= 11 is 0. The highest BCUT2D eigenvalue weighted by Crippen LogP contribution is 2.29. The van der Waals surface area contributed by atoms with Crippen LogP contribution in [0.5, 0.6) is 5.75 Å². The van der Waals surface area contributed by atoms with Crippen molar-refractivity contribution in [3.8, 4) is 5.75 Å². The van der Waals surface area contributed by atoms with Gasteiger partial charge in [0.15, 0.2) is 0 Å². The van der Waals surface area contributed by atoms with Gasteiger partial charge in [0.25, 0.3) is 0 Å². The minimum Gasteiger partial charge on any atom is -0.495 e. The quantitative estimate of drug-likeness (QED) is 0.754. The van der Waals surface area contributed by atoms with Gasteiger partial charge in [-0.2, -0.15) is 0 Å². The normalized spacial score (nSPS) is 14.3. The third-order valence-electron chi connectivity index (χ3n) is 3.27. The van der Waals surface area contributed by atoms with Gasteiger partial charge in [-0.3, -0.25) is 4.98 Å². The predicted octanol–water partition coefficient (Wildman–Crippen LogP) is 3.19. The molecule has 0 aromatic carbocycles. The van der Waals surface area contributed by atoms with Gasteiger partial charge >= 0.3 is 0 Å². The van der Waals surface area contributed by atoms with Crippen molar-refractivity contribution < 1.29 is 9.47 Å². The smallest absolute Gasteiger partial charge is 0.142 e. The molecule has 1 aromatic rings. The van der Waals surface area contributed by atoms with Crippen LogP contribution in [0.25, 0.3) is 0 Å². The molecule has 2 unspecified atom stereocenters. The highest BCUT2D eigenvalue weighted by molar-refractivity contribution is 5.30. The molecule has 0 fully saturated rings. The Hall–Kier alpha value is -1.13. The van der Waals surface area contributed by atoms with Gasteiger partial charge in [0.1, 0.15) is 11.4 Å². The second-order valence-electron chi connectivity index (χ2n) is 5.19. The third kappa shape index (κ3) is 4.46. The molecule has 0 spiro atoms. The molecule has 4 heteroatoms. The molecule has 1 aromatic heterocycles. The summed E-state index contributed by atoms with van der Waals surface area (Å²) in [7, 11) is 1.68. The summed E-state index contributed by atoms with van der Waals surface area (Å²) in [4.78, 5) is 4.52. The van der Waals surface area contributed by atoms with E-state index in [2.05, 4.69) is 31.1 Å². The molecule has 2 atom stereocenters. The number of ether oxygens (including phenoxy) is 2. The fourth-order valence-electron chi connectivity index (χ4n) is 2.34. The van der Waals surface area contributed by atoms with Crippen molar-refractivity contribution >= 4 is 0 Å². The molecule has 114 valence electrons. The first-order valence-electron chi connectivity index (χ1n) is 7.49. The molecule has 0 aliphatic heterocycles. The van der Waals surface area contributed by atoms with Crippen molar-refractivity contribution in [1.82, 2.24) is 10.3 Å². The SMILES string of the molecule is CCCNC(c1ncccc1OC)C(OCC)C(C)C. The van der Waals surface area contributed by atoms with E-state index < -0.39 is 0 Å². The summed E-state index contributed by atoms with van der Waals surface area (Å²) in [6.07, 6.45) is 2.96. The lowest BCUT2D eigenvalue weighted by molar-refractivity contribution is 0.00128. The fraction of sp³-hybridized carbons (Fsp3) is 0.688. The van der Waals surface area contributed by atoms with Crippen molar-refractivity contribution in [2.75, 3.05) is 20.3 Å². The maximum absolute atomic E-state index is 5.96. The average Bonchev–Trinajstić information content (AvgIpc) is 2.46. The molecule has 0 bridgehead atoms. The number of hydrogen-bond donors (Lipinski definition) is 1. The zero-order valence-electron chi connectivity index (χ0n) is 13.3. The van der Waals surface area contributed by atoms with Gasteiger partial charge in [-0.15, -0.1) is 0 Å². The van der Waals surface area contributed by atoms with Crippen LogP contribution in [0.2, 0.25) is 0 Å². The van der Waals surface area contributed by atoms with Crippen LogP contribution in [-0.4, -0.2) is 31.3 Å². The van der Waals surface area contributed by atoms with Gasteiger partial charge in [-0.1, -0.05) is 20.8 Å².